The third-order valence-corrected chi connectivity index (χ3v) is 4.30. The molecule has 0 saturated heterocycles. The molecule has 0 unspecified atom stereocenters. The standard InChI is InChI=1S/C18H19N7O2S/c1-4-19-18(28)24-15-6-5-12-17(22-15)23-16(9-20-12)21-13-7-10(2)11(3)8-14(13)25(26)27/h5-9H,4H2,1-3H3,(H3,19,21,22,23,24,28). The molecule has 0 aliphatic heterocycles. The van der Waals surface area contributed by atoms with E-state index < -0.39 is 4.92 Å². The number of pyridine rings is 1. The fraction of sp³-hybridized carbons (Fsp3) is 0.222. The molecule has 10 heteroatoms. The Balaban J connectivity index is 1.93. The second-order valence-electron chi connectivity index (χ2n) is 6.11. The van der Waals surface area contributed by atoms with Gasteiger partial charge in [0.05, 0.1) is 11.1 Å². The second kappa shape index (κ2) is 8.09. The van der Waals surface area contributed by atoms with Gasteiger partial charge in [-0.2, -0.15) is 0 Å². The van der Waals surface area contributed by atoms with Crippen LogP contribution < -0.4 is 16.0 Å². The lowest BCUT2D eigenvalue weighted by molar-refractivity contribution is -0.384. The van der Waals surface area contributed by atoms with Crippen LogP contribution in [-0.2, 0) is 0 Å². The zero-order valence-corrected chi connectivity index (χ0v) is 16.4. The smallest absolute Gasteiger partial charge is 0.292 e. The third kappa shape index (κ3) is 4.29. The normalized spacial score (nSPS) is 10.5. The van der Waals surface area contributed by atoms with Crippen LogP contribution in [0.5, 0.6) is 0 Å². The second-order valence-corrected chi connectivity index (χ2v) is 6.52. The summed E-state index contributed by atoms with van der Waals surface area (Å²) >= 11 is 5.16. The van der Waals surface area contributed by atoms with Crippen molar-refractivity contribution >= 4 is 51.5 Å². The first-order chi connectivity index (χ1) is 13.4. The number of thiocarbonyl (C=S) groups is 1. The van der Waals surface area contributed by atoms with Gasteiger partial charge in [-0.25, -0.2) is 15.0 Å². The Hall–Kier alpha value is -3.40. The van der Waals surface area contributed by atoms with Gasteiger partial charge in [-0.15, -0.1) is 0 Å². The summed E-state index contributed by atoms with van der Waals surface area (Å²) in [6.45, 7) is 6.36. The molecule has 3 N–H and O–H groups in total. The first-order valence-corrected chi connectivity index (χ1v) is 8.99. The SMILES string of the molecule is CCNC(=S)Nc1ccc2ncc(Nc3cc(C)c(C)cc3[N+](=O)[O-])nc2n1. The number of fused-ring (bicyclic) bond motifs is 1. The van der Waals surface area contributed by atoms with E-state index in [0.29, 0.717) is 40.1 Å². The molecular formula is C18H19N7O2S. The molecule has 0 saturated carbocycles. The van der Waals surface area contributed by atoms with Gasteiger partial charge in [0.2, 0.25) is 0 Å². The molecule has 3 aromatic rings. The van der Waals surface area contributed by atoms with Crippen LogP contribution in [0.25, 0.3) is 11.2 Å². The molecule has 1 aromatic carbocycles. The predicted octanol–water partition coefficient (Wildman–Crippen LogP) is 3.60. The van der Waals surface area contributed by atoms with Gasteiger partial charge >= 0.3 is 0 Å². The average molecular weight is 397 g/mol. The molecule has 2 aromatic heterocycles. The highest BCUT2D eigenvalue weighted by Gasteiger charge is 2.16. The lowest BCUT2D eigenvalue weighted by atomic mass is 10.1. The lowest BCUT2D eigenvalue weighted by Gasteiger charge is -2.10. The summed E-state index contributed by atoms with van der Waals surface area (Å²) in [6, 6.07) is 6.78. The Morgan fingerprint density at radius 2 is 1.89 bits per heavy atom. The Morgan fingerprint density at radius 3 is 2.61 bits per heavy atom. The number of rotatable bonds is 5. The molecule has 0 aliphatic rings. The van der Waals surface area contributed by atoms with E-state index in [1.807, 2.05) is 20.8 Å². The number of nitrogens with one attached hydrogen (secondary N) is 3. The number of nitro benzene ring substituents is 1. The molecule has 28 heavy (non-hydrogen) atoms. The maximum absolute atomic E-state index is 11.4. The van der Waals surface area contributed by atoms with Gasteiger partial charge < -0.3 is 16.0 Å². The van der Waals surface area contributed by atoms with Crippen LogP contribution in [0.3, 0.4) is 0 Å². The van der Waals surface area contributed by atoms with Crippen LogP contribution in [0.15, 0.2) is 30.5 Å². The molecule has 0 fully saturated rings. The molecule has 2 heterocycles. The average Bonchev–Trinajstić information content (AvgIpc) is 2.64. The van der Waals surface area contributed by atoms with E-state index >= 15 is 0 Å². The highest BCUT2D eigenvalue weighted by molar-refractivity contribution is 7.80. The van der Waals surface area contributed by atoms with Crippen molar-refractivity contribution in [3.63, 3.8) is 0 Å². The number of hydrogen-bond acceptors (Lipinski definition) is 7. The largest absolute Gasteiger partial charge is 0.363 e. The fourth-order valence-electron chi connectivity index (χ4n) is 2.54. The number of nitrogens with zero attached hydrogens (tertiary/aromatic N) is 4. The van der Waals surface area contributed by atoms with Gasteiger partial charge in [0, 0.05) is 12.6 Å². The van der Waals surface area contributed by atoms with E-state index in [0.717, 1.165) is 11.1 Å². The van der Waals surface area contributed by atoms with Crippen LogP contribution in [0.1, 0.15) is 18.1 Å². The Labute approximate surface area is 166 Å². The maximum atomic E-state index is 11.4. The number of aromatic nitrogens is 3. The van der Waals surface area contributed by atoms with Crippen molar-refractivity contribution in [2.45, 2.75) is 20.8 Å². The predicted molar refractivity (Wildman–Crippen MR) is 113 cm³/mol. The number of anilines is 3. The summed E-state index contributed by atoms with van der Waals surface area (Å²) in [5, 5.41) is 20.8. The first kappa shape index (κ1) is 19.4. The number of benzene rings is 1. The quantitative estimate of drug-likeness (QED) is 0.337. The van der Waals surface area contributed by atoms with Crippen molar-refractivity contribution in [3.05, 3.63) is 51.7 Å². The molecule has 3 rings (SSSR count). The van der Waals surface area contributed by atoms with Crippen molar-refractivity contribution in [2.24, 2.45) is 0 Å². The van der Waals surface area contributed by atoms with Crippen LogP contribution in [0.2, 0.25) is 0 Å². The van der Waals surface area contributed by atoms with Crippen LogP contribution in [-0.4, -0.2) is 31.5 Å². The van der Waals surface area contributed by atoms with Crippen molar-refractivity contribution in [1.82, 2.24) is 20.3 Å². The topological polar surface area (TPSA) is 118 Å². The molecule has 0 amide bonds. The van der Waals surface area contributed by atoms with E-state index in [1.165, 1.54) is 12.3 Å². The van der Waals surface area contributed by atoms with E-state index in [1.54, 1.807) is 18.2 Å². The number of aryl methyl sites for hydroxylation is 2. The number of nitro groups is 1. The zero-order valence-electron chi connectivity index (χ0n) is 15.6. The Bertz CT molecular complexity index is 1070. The van der Waals surface area contributed by atoms with E-state index in [9.17, 15) is 10.1 Å². The summed E-state index contributed by atoms with van der Waals surface area (Å²) in [5.74, 6) is 0.889. The third-order valence-electron chi connectivity index (χ3n) is 4.06. The summed E-state index contributed by atoms with van der Waals surface area (Å²) in [5.41, 5.74) is 3.09. The summed E-state index contributed by atoms with van der Waals surface area (Å²) in [7, 11) is 0. The fourth-order valence-corrected chi connectivity index (χ4v) is 2.79. The van der Waals surface area contributed by atoms with Crippen molar-refractivity contribution in [2.75, 3.05) is 17.2 Å². The minimum Gasteiger partial charge on any atom is -0.363 e. The molecule has 144 valence electrons. The molecule has 0 spiro atoms. The lowest BCUT2D eigenvalue weighted by Crippen LogP contribution is -2.28. The van der Waals surface area contributed by atoms with E-state index in [2.05, 4.69) is 30.9 Å². The van der Waals surface area contributed by atoms with Crippen molar-refractivity contribution in [1.29, 1.82) is 0 Å². The molecule has 9 nitrogen and oxygen atoms in total. The van der Waals surface area contributed by atoms with Crippen molar-refractivity contribution in [3.8, 4) is 0 Å². The highest BCUT2D eigenvalue weighted by Crippen LogP contribution is 2.30. The van der Waals surface area contributed by atoms with E-state index in [4.69, 9.17) is 12.2 Å². The van der Waals surface area contributed by atoms with Gasteiger partial charge in [0.15, 0.2) is 16.6 Å². The first-order valence-electron chi connectivity index (χ1n) is 8.58. The zero-order chi connectivity index (χ0) is 20.3. The molecular weight excluding hydrogens is 378 g/mol. The van der Waals surface area contributed by atoms with Gasteiger partial charge in [-0.05, 0) is 62.3 Å². The van der Waals surface area contributed by atoms with Gasteiger partial charge in [0.25, 0.3) is 5.69 Å². The van der Waals surface area contributed by atoms with Crippen LogP contribution in [0, 0.1) is 24.0 Å². The number of hydrogen-bond donors (Lipinski definition) is 3. The summed E-state index contributed by atoms with van der Waals surface area (Å²) in [6.07, 6.45) is 1.51. The van der Waals surface area contributed by atoms with Crippen LogP contribution in [0.4, 0.5) is 23.0 Å². The van der Waals surface area contributed by atoms with Gasteiger partial charge in [0.1, 0.15) is 17.0 Å². The van der Waals surface area contributed by atoms with Gasteiger partial charge in [-0.3, -0.25) is 10.1 Å². The summed E-state index contributed by atoms with van der Waals surface area (Å²) < 4.78 is 0. The Kier molecular flexibility index (Phi) is 5.59. The maximum Gasteiger partial charge on any atom is 0.292 e. The summed E-state index contributed by atoms with van der Waals surface area (Å²) in [4.78, 5) is 24.1. The van der Waals surface area contributed by atoms with Crippen LogP contribution >= 0.6 is 12.2 Å². The molecule has 0 radical (unpaired) electrons. The van der Waals surface area contributed by atoms with Gasteiger partial charge in [-0.1, -0.05) is 0 Å². The molecule has 0 atom stereocenters. The molecule has 0 bridgehead atoms. The molecule has 0 aliphatic carbocycles. The minimum atomic E-state index is -0.425. The van der Waals surface area contributed by atoms with E-state index in [-0.39, 0.29) is 5.69 Å². The highest BCUT2D eigenvalue weighted by atomic mass is 32.1. The van der Waals surface area contributed by atoms with Crippen molar-refractivity contribution < 1.29 is 4.92 Å². The minimum absolute atomic E-state index is 0.0237. The Morgan fingerprint density at radius 1 is 1.18 bits per heavy atom. The monoisotopic (exact) mass is 397 g/mol.